The third-order valence-electron chi connectivity index (χ3n) is 3.22. The van der Waals surface area contributed by atoms with Crippen LogP contribution in [0.5, 0.6) is 0 Å². The predicted molar refractivity (Wildman–Crippen MR) is 70.7 cm³/mol. The molecule has 0 saturated carbocycles. The molecule has 0 aliphatic carbocycles. The number of carbonyl (C=O) groups excluding carboxylic acids is 1. The van der Waals surface area contributed by atoms with Crippen LogP contribution in [0.4, 0.5) is 0 Å². The van der Waals surface area contributed by atoms with Crippen molar-refractivity contribution in [2.45, 2.75) is 46.2 Å². The van der Waals surface area contributed by atoms with Crippen molar-refractivity contribution < 1.29 is 4.79 Å². The summed E-state index contributed by atoms with van der Waals surface area (Å²) < 4.78 is 0. The van der Waals surface area contributed by atoms with Gasteiger partial charge >= 0.3 is 0 Å². The maximum atomic E-state index is 11.3. The van der Waals surface area contributed by atoms with E-state index in [0.29, 0.717) is 0 Å². The van der Waals surface area contributed by atoms with Crippen LogP contribution in [0.25, 0.3) is 0 Å². The van der Waals surface area contributed by atoms with Crippen LogP contribution in [0.3, 0.4) is 0 Å². The van der Waals surface area contributed by atoms with Crippen LogP contribution in [0.1, 0.15) is 43.5 Å². The van der Waals surface area contributed by atoms with Gasteiger partial charge in [0.1, 0.15) is 0 Å². The molecule has 3 heteroatoms. The molecule has 17 heavy (non-hydrogen) atoms. The van der Waals surface area contributed by atoms with Gasteiger partial charge in [-0.05, 0) is 51.3 Å². The number of primary amides is 1. The Morgan fingerprint density at radius 1 is 1.29 bits per heavy atom. The maximum absolute atomic E-state index is 11.3. The molecule has 1 atom stereocenters. The number of amides is 1. The van der Waals surface area contributed by atoms with Gasteiger partial charge < -0.3 is 5.73 Å². The predicted octanol–water partition coefficient (Wildman–Crippen LogP) is 2.22. The molecule has 0 fully saturated rings. The van der Waals surface area contributed by atoms with E-state index in [1.165, 1.54) is 16.7 Å². The monoisotopic (exact) mass is 234 g/mol. The summed E-state index contributed by atoms with van der Waals surface area (Å²) in [6.07, 6.45) is 0. The molecule has 1 aromatic carbocycles. The van der Waals surface area contributed by atoms with Gasteiger partial charge in [-0.3, -0.25) is 10.1 Å². The first-order chi connectivity index (χ1) is 7.74. The average Bonchev–Trinajstić information content (AvgIpc) is 2.21. The number of benzene rings is 1. The van der Waals surface area contributed by atoms with E-state index in [9.17, 15) is 4.79 Å². The highest BCUT2D eigenvalue weighted by Gasteiger charge is 2.26. The van der Waals surface area contributed by atoms with Gasteiger partial charge in [0, 0.05) is 6.04 Å². The molecular formula is C14H22N2O. The Kier molecular flexibility index (Phi) is 3.94. The summed E-state index contributed by atoms with van der Waals surface area (Å²) in [5.74, 6) is -0.340. The van der Waals surface area contributed by atoms with Gasteiger partial charge in [0.05, 0.1) is 5.54 Å². The molecule has 1 amide bonds. The van der Waals surface area contributed by atoms with E-state index in [1.54, 1.807) is 13.8 Å². The molecule has 0 heterocycles. The molecule has 1 aromatic rings. The van der Waals surface area contributed by atoms with Crippen molar-refractivity contribution in [2.75, 3.05) is 0 Å². The highest BCUT2D eigenvalue weighted by Crippen LogP contribution is 2.19. The van der Waals surface area contributed by atoms with Crippen LogP contribution in [-0.2, 0) is 4.79 Å². The standard InChI is InChI=1S/C14H22N2O/c1-9-6-7-12(8-10(9)2)11(3)16-14(4,5)13(15)17/h6-8,11,16H,1-5H3,(H2,15,17). The molecule has 0 aliphatic heterocycles. The molecule has 0 aromatic heterocycles. The Hall–Kier alpha value is -1.35. The zero-order valence-electron chi connectivity index (χ0n) is 11.3. The average molecular weight is 234 g/mol. The van der Waals surface area contributed by atoms with Crippen molar-refractivity contribution in [1.82, 2.24) is 5.32 Å². The zero-order chi connectivity index (χ0) is 13.2. The fourth-order valence-electron chi connectivity index (χ4n) is 1.73. The van der Waals surface area contributed by atoms with Crippen LogP contribution in [0.2, 0.25) is 0 Å². The lowest BCUT2D eigenvalue weighted by Crippen LogP contribution is -2.51. The van der Waals surface area contributed by atoms with Crippen LogP contribution in [-0.4, -0.2) is 11.4 Å². The number of nitrogens with two attached hydrogens (primary N) is 1. The number of carbonyl (C=O) groups is 1. The Labute approximate surface area is 103 Å². The van der Waals surface area contributed by atoms with Crippen molar-refractivity contribution >= 4 is 5.91 Å². The number of hydrogen-bond acceptors (Lipinski definition) is 2. The zero-order valence-corrected chi connectivity index (χ0v) is 11.3. The molecule has 1 unspecified atom stereocenters. The van der Waals surface area contributed by atoms with E-state index in [2.05, 4.69) is 37.4 Å². The highest BCUT2D eigenvalue weighted by atomic mass is 16.1. The first-order valence-electron chi connectivity index (χ1n) is 5.89. The molecule has 1 rings (SSSR count). The van der Waals surface area contributed by atoms with Gasteiger partial charge in [-0.15, -0.1) is 0 Å². The molecule has 0 saturated heterocycles. The minimum absolute atomic E-state index is 0.0943. The van der Waals surface area contributed by atoms with Crippen molar-refractivity contribution in [2.24, 2.45) is 5.73 Å². The normalized spacial score (nSPS) is 13.5. The lowest BCUT2D eigenvalue weighted by atomic mass is 9.98. The molecule has 0 spiro atoms. The van der Waals surface area contributed by atoms with Crippen LogP contribution >= 0.6 is 0 Å². The Morgan fingerprint density at radius 2 is 1.88 bits per heavy atom. The molecule has 94 valence electrons. The van der Waals surface area contributed by atoms with E-state index in [4.69, 9.17) is 5.73 Å². The molecule has 3 N–H and O–H groups in total. The van der Waals surface area contributed by atoms with Gasteiger partial charge in [0.2, 0.25) is 5.91 Å². The van der Waals surface area contributed by atoms with Gasteiger partial charge in [0.15, 0.2) is 0 Å². The van der Waals surface area contributed by atoms with Gasteiger partial charge in [-0.25, -0.2) is 0 Å². The lowest BCUT2D eigenvalue weighted by Gasteiger charge is -2.27. The van der Waals surface area contributed by atoms with E-state index in [0.717, 1.165) is 0 Å². The fourth-order valence-corrected chi connectivity index (χ4v) is 1.73. The molecule has 0 bridgehead atoms. The number of rotatable bonds is 4. The second-order valence-corrected chi connectivity index (χ2v) is 5.20. The third-order valence-corrected chi connectivity index (χ3v) is 3.22. The van der Waals surface area contributed by atoms with Gasteiger partial charge in [-0.2, -0.15) is 0 Å². The second-order valence-electron chi connectivity index (χ2n) is 5.20. The van der Waals surface area contributed by atoms with Gasteiger partial charge in [-0.1, -0.05) is 18.2 Å². The SMILES string of the molecule is Cc1ccc(C(C)NC(C)(C)C(N)=O)cc1C. The van der Waals surface area contributed by atoms with E-state index >= 15 is 0 Å². The lowest BCUT2D eigenvalue weighted by molar-refractivity contribution is -0.123. The molecule has 3 nitrogen and oxygen atoms in total. The molecule has 0 radical (unpaired) electrons. The van der Waals surface area contributed by atoms with Crippen LogP contribution in [0, 0.1) is 13.8 Å². The summed E-state index contributed by atoms with van der Waals surface area (Å²) in [6, 6.07) is 6.41. The Morgan fingerprint density at radius 3 is 2.35 bits per heavy atom. The van der Waals surface area contributed by atoms with Gasteiger partial charge in [0.25, 0.3) is 0 Å². The van der Waals surface area contributed by atoms with Crippen molar-refractivity contribution in [3.63, 3.8) is 0 Å². The summed E-state index contributed by atoms with van der Waals surface area (Å²) >= 11 is 0. The summed E-state index contributed by atoms with van der Waals surface area (Å²) in [5.41, 5.74) is 8.35. The first-order valence-corrected chi connectivity index (χ1v) is 5.89. The maximum Gasteiger partial charge on any atom is 0.237 e. The first kappa shape index (κ1) is 13.7. The number of aryl methyl sites for hydroxylation is 2. The summed E-state index contributed by atoms with van der Waals surface area (Å²) in [5, 5.41) is 3.24. The van der Waals surface area contributed by atoms with Crippen LogP contribution in [0.15, 0.2) is 18.2 Å². The summed E-state index contributed by atoms with van der Waals surface area (Å²) in [7, 11) is 0. The Balaban J connectivity index is 2.87. The summed E-state index contributed by atoms with van der Waals surface area (Å²) in [4.78, 5) is 11.3. The second kappa shape index (κ2) is 4.88. The Bertz CT molecular complexity index is 424. The number of nitrogens with one attached hydrogen (secondary N) is 1. The summed E-state index contributed by atoms with van der Waals surface area (Å²) in [6.45, 7) is 9.81. The topological polar surface area (TPSA) is 55.1 Å². The third kappa shape index (κ3) is 3.30. The van der Waals surface area contributed by atoms with Crippen molar-refractivity contribution in [1.29, 1.82) is 0 Å². The quantitative estimate of drug-likeness (QED) is 0.839. The van der Waals surface area contributed by atoms with E-state index < -0.39 is 5.54 Å². The van der Waals surface area contributed by atoms with Crippen LogP contribution < -0.4 is 11.1 Å². The fraction of sp³-hybridized carbons (Fsp3) is 0.500. The minimum atomic E-state index is -0.696. The molecule has 0 aliphatic rings. The number of hydrogen-bond donors (Lipinski definition) is 2. The van der Waals surface area contributed by atoms with E-state index in [1.807, 2.05) is 6.92 Å². The minimum Gasteiger partial charge on any atom is -0.368 e. The largest absolute Gasteiger partial charge is 0.368 e. The van der Waals surface area contributed by atoms with E-state index in [-0.39, 0.29) is 11.9 Å². The smallest absolute Gasteiger partial charge is 0.237 e. The van der Waals surface area contributed by atoms with Crippen molar-refractivity contribution in [3.8, 4) is 0 Å². The molecular weight excluding hydrogens is 212 g/mol. The highest BCUT2D eigenvalue weighted by molar-refractivity contribution is 5.83. The van der Waals surface area contributed by atoms with Crippen molar-refractivity contribution in [3.05, 3.63) is 34.9 Å².